The average Bonchev–Trinajstić information content (AvgIpc) is 2.28. The molecule has 1 aromatic carbocycles. The summed E-state index contributed by atoms with van der Waals surface area (Å²) in [5, 5.41) is 19.5. The van der Waals surface area contributed by atoms with Crippen LogP contribution in [-0.2, 0) is 0 Å². The Hall–Kier alpha value is -2.09. The Kier molecular flexibility index (Phi) is 3.84. The first-order valence-electron chi connectivity index (χ1n) is 4.99. The van der Waals surface area contributed by atoms with E-state index in [0.29, 0.717) is 0 Å². The largest absolute Gasteiger partial charge is 0.375 e. The fraction of sp³-hybridized carbons (Fsp3) is 0.364. The molecule has 1 rings (SSSR count). The highest BCUT2D eigenvalue weighted by Crippen LogP contribution is 2.23. The van der Waals surface area contributed by atoms with Gasteiger partial charge in [-0.2, -0.15) is 5.26 Å². The van der Waals surface area contributed by atoms with Gasteiger partial charge in [0.15, 0.2) is 0 Å². The van der Waals surface area contributed by atoms with E-state index in [1.54, 1.807) is 12.1 Å². The molecule has 0 amide bonds. The van der Waals surface area contributed by atoms with Gasteiger partial charge in [-0.1, -0.05) is 6.92 Å². The van der Waals surface area contributed by atoms with E-state index in [1.165, 1.54) is 6.07 Å². The Bertz CT molecular complexity index is 437. The van der Waals surface area contributed by atoms with Crippen molar-refractivity contribution in [3.05, 3.63) is 33.9 Å². The van der Waals surface area contributed by atoms with E-state index in [9.17, 15) is 10.1 Å². The summed E-state index contributed by atoms with van der Waals surface area (Å²) in [5.41, 5.74) is 0.783. The molecule has 0 heterocycles. The normalized spacial score (nSPS) is 9.56. The molecule has 0 aliphatic carbocycles. The van der Waals surface area contributed by atoms with Crippen LogP contribution < -0.4 is 4.90 Å². The Morgan fingerprint density at radius 3 is 2.75 bits per heavy atom. The first kappa shape index (κ1) is 12.0. The van der Waals surface area contributed by atoms with Gasteiger partial charge in [0.05, 0.1) is 4.92 Å². The van der Waals surface area contributed by atoms with Crippen LogP contribution in [0.1, 0.15) is 18.9 Å². The number of benzene rings is 1. The number of hydrogen-bond acceptors (Lipinski definition) is 4. The second-order valence-corrected chi connectivity index (χ2v) is 3.49. The van der Waals surface area contributed by atoms with Gasteiger partial charge in [-0.15, -0.1) is 0 Å². The molecule has 0 aromatic heterocycles. The van der Waals surface area contributed by atoms with Gasteiger partial charge in [-0.05, 0) is 18.6 Å². The zero-order chi connectivity index (χ0) is 12.1. The summed E-state index contributed by atoms with van der Waals surface area (Å²) >= 11 is 0. The van der Waals surface area contributed by atoms with Crippen molar-refractivity contribution in [2.24, 2.45) is 0 Å². The van der Waals surface area contributed by atoms with Crippen LogP contribution in [0.25, 0.3) is 0 Å². The molecular weight excluding hydrogens is 206 g/mol. The summed E-state index contributed by atoms with van der Waals surface area (Å²) in [6, 6.07) is 6.43. The molecule has 16 heavy (non-hydrogen) atoms. The lowest BCUT2D eigenvalue weighted by atomic mass is 10.1. The first-order valence-corrected chi connectivity index (χ1v) is 4.99. The quantitative estimate of drug-likeness (QED) is 0.575. The number of anilines is 1. The molecule has 0 atom stereocenters. The smallest absolute Gasteiger partial charge is 0.287 e. The van der Waals surface area contributed by atoms with Crippen LogP contribution in [0.15, 0.2) is 18.2 Å². The van der Waals surface area contributed by atoms with E-state index >= 15 is 0 Å². The summed E-state index contributed by atoms with van der Waals surface area (Å²) in [5.74, 6) is 0. The number of nitro groups is 1. The summed E-state index contributed by atoms with van der Waals surface area (Å²) in [6.07, 6.45) is 0.982. The molecule has 0 aliphatic heterocycles. The number of rotatable bonds is 4. The highest BCUT2D eigenvalue weighted by Gasteiger charge is 2.14. The Labute approximate surface area is 94.1 Å². The molecular formula is C11H13N3O2. The van der Waals surface area contributed by atoms with Crippen molar-refractivity contribution in [1.82, 2.24) is 0 Å². The molecule has 0 spiro atoms. The average molecular weight is 219 g/mol. The minimum absolute atomic E-state index is 0.102. The van der Waals surface area contributed by atoms with E-state index < -0.39 is 4.92 Å². The molecule has 84 valence electrons. The SMILES string of the molecule is CCCN(C)c1ccc([N+](=O)[O-])c(C#N)c1. The van der Waals surface area contributed by atoms with Crippen LogP contribution in [0, 0.1) is 21.4 Å². The van der Waals surface area contributed by atoms with E-state index in [4.69, 9.17) is 5.26 Å². The zero-order valence-electron chi connectivity index (χ0n) is 9.30. The third-order valence-corrected chi connectivity index (χ3v) is 2.30. The third kappa shape index (κ3) is 2.48. The van der Waals surface area contributed by atoms with Crippen molar-refractivity contribution < 1.29 is 4.92 Å². The number of hydrogen-bond donors (Lipinski definition) is 0. The zero-order valence-corrected chi connectivity index (χ0v) is 9.30. The number of nitro benzene ring substituents is 1. The van der Waals surface area contributed by atoms with Crippen LogP contribution in [-0.4, -0.2) is 18.5 Å². The molecule has 5 heteroatoms. The fourth-order valence-corrected chi connectivity index (χ4v) is 1.47. The molecule has 0 N–H and O–H groups in total. The van der Waals surface area contributed by atoms with Crippen LogP contribution >= 0.6 is 0 Å². The lowest BCUT2D eigenvalue weighted by Crippen LogP contribution is -2.17. The first-order chi connectivity index (χ1) is 7.60. The Morgan fingerprint density at radius 2 is 2.25 bits per heavy atom. The van der Waals surface area contributed by atoms with Crippen molar-refractivity contribution in [2.45, 2.75) is 13.3 Å². The van der Waals surface area contributed by atoms with Crippen molar-refractivity contribution in [3.8, 4) is 6.07 Å². The monoisotopic (exact) mass is 219 g/mol. The van der Waals surface area contributed by atoms with Gasteiger partial charge >= 0.3 is 0 Å². The van der Waals surface area contributed by atoms with E-state index in [-0.39, 0.29) is 11.3 Å². The molecule has 0 bridgehead atoms. The minimum Gasteiger partial charge on any atom is -0.375 e. The molecule has 0 fully saturated rings. The maximum Gasteiger partial charge on any atom is 0.287 e. The van der Waals surface area contributed by atoms with E-state index in [2.05, 4.69) is 0 Å². The third-order valence-electron chi connectivity index (χ3n) is 2.30. The highest BCUT2D eigenvalue weighted by atomic mass is 16.6. The van der Waals surface area contributed by atoms with Crippen LogP contribution in [0.2, 0.25) is 0 Å². The van der Waals surface area contributed by atoms with Crippen LogP contribution in [0.4, 0.5) is 11.4 Å². The van der Waals surface area contributed by atoms with Crippen LogP contribution in [0.3, 0.4) is 0 Å². The van der Waals surface area contributed by atoms with Crippen molar-refractivity contribution in [1.29, 1.82) is 5.26 Å². The Morgan fingerprint density at radius 1 is 1.56 bits per heavy atom. The molecule has 0 aliphatic rings. The predicted molar refractivity (Wildman–Crippen MR) is 61.4 cm³/mol. The summed E-state index contributed by atoms with van der Waals surface area (Å²) in [7, 11) is 1.89. The lowest BCUT2D eigenvalue weighted by molar-refractivity contribution is -0.385. The van der Waals surface area contributed by atoms with Gasteiger partial charge < -0.3 is 4.90 Å². The molecule has 0 unspecified atom stereocenters. The van der Waals surface area contributed by atoms with Crippen molar-refractivity contribution in [3.63, 3.8) is 0 Å². The second kappa shape index (κ2) is 5.12. The lowest BCUT2D eigenvalue weighted by Gasteiger charge is -2.18. The Balaban J connectivity index is 3.10. The predicted octanol–water partition coefficient (Wildman–Crippen LogP) is 2.31. The topological polar surface area (TPSA) is 70.2 Å². The number of nitriles is 1. The summed E-state index contributed by atoms with van der Waals surface area (Å²) < 4.78 is 0. The molecule has 1 aromatic rings. The van der Waals surface area contributed by atoms with Gasteiger partial charge in [0.1, 0.15) is 11.6 Å². The summed E-state index contributed by atoms with van der Waals surface area (Å²) in [6.45, 7) is 2.90. The highest BCUT2D eigenvalue weighted by molar-refractivity contribution is 5.59. The van der Waals surface area contributed by atoms with Gasteiger partial charge in [-0.25, -0.2) is 0 Å². The molecule has 0 radical (unpaired) electrons. The molecule has 0 saturated carbocycles. The fourth-order valence-electron chi connectivity index (χ4n) is 1.47. The minimum atomic E-state index is -0.540. The van der Waals surface area contributed by atoms with Crippen LogP contribution in [0.5, 0.6) is 0 Å². The standard InChI is InChI=1S/C11H13N3O2/c1-3-6-13(2)10-4-5-11(14(15)16)9(7-10)8-12/h4-5,7H,3,6H2,1-2H3. The van der Waals surface area contributed by atoms with Gasteiger partial charge in [-0.3, -0.25) is 10.1 Å². The molecule has 5 nitrogen and oxygen atoms in total. The second-order valence-electron chi connectivity index (χ2n) is 3.49. The van der Waals surface area contributed by atoms with E-state index in [0.717, 1.165) is 18.7 Å². The van der Waals surface area contributed by atoms with Crippen molar-refractivity contribution >= 4 is 11.4 Å². The van der Waals surface area contributed by atoms with Gasteiger partial charge in [0.25, 0.3) is 5.69 Å². The summed E-state index contributed by atoms with van der Waals surface area (Å²) in [4.78, 5) is 12.1. The van der Waals surface area contributed by atoms with E-state index in [1.807, 2.05) is 24.9 Å². The molecule has 0 saturated heterocycles. The number of nitrogens with zero attached hydrogens (tertiary/aromatic N) is 3. The van der Waals surface area contributed by atoms with Gasteiger partial charge in [0, 0.05) is 25.3 Å². The van der Waals surface area contributed by atoms with Crippen molar-refractivity contribution in [2.75, 3.05) is 18.5 Å². The van der Waals surface area contributed by atoms with Gasteiger partial charge in [0.2, 0.25) is 0 Å². The maximum absolute atomic E-state index is 10.6. The maximum atomic E-state index is 10.6.